The summed E-state index contributed by atoms with van der Waals surface area (Å²) in [6.45, 7) is 1.66. The van der Waals surface area contributed by atoms with Crippen LogP contribution in [0.15, 0.2) is 59.1 Å². The van der Waals surface area contributed by atoms with Gasteiger partial charge in [-0.05, 0) is 23.9 Å². The number of hydrogen-bond donors (Lipinski definition) is 2. The van der Waals surface area contributed by atoms with Crippen LogP contribution in [0.5, 0.6) is 0 Å². The fourth-order valence-corrected chi connectivity index (χ4v) is 3.53. The first-order chi connectivity index (χ1) is 13.6. The quantitative estimate of drug-likeness (QED) is 0.697. The van der Waals surface area contributed by atoms with E-state index in [-0.39, 0.29) is 30.9 Å². The summed E-state index contributed by atoms with van der Waals surface area (Å²) in [4.78, 5) is 37.7. The molecule has 1 atom stereocenters. The van der Waals surface area contributed by atoms with E-state index < -0.39 is 24.0 Å². The van der Waals surface area contributed by atoms with E-state index in [9.17, 15) is 14.4 Å². The Morgan fingerprint density at radius 2 is 1.89 bits per heavy atom. The minimum Gasteiger partial charge on any atom is -0.463 e. The number of hydrogen-bond acceptors (Lipinski definition) is 6. The molecule has 8 heteroatoms. The second-order valence-corrected chi connectivity index (χ2v) is 7.00. The predicted molar refractivity (Wildman–Crippen MR) is 103 cm³/mol. The fraction of sp³-hybridized carbons (Fsp3) is 0.250. The largest absolute Gasteiger partial charge is 0.463 e. The van der Waals surface area contributed by atoms with E-state index in [1.54, 1.807) is 19.1 Å². The number of benzene rings is 1. The molecule has 7 nitrogen and oxygen atoms in total. The number of thiophene rings is 1. The van der Waals surface area contributed by atoms with Crippen molar-refractivity contribution in [2.24, 2.45) is 0 Å². The molecule has 1 aromatic carbocycles. The molecular weight excluding hydrogens is 380 g/mol. The lowest BCUT2D eigenvalue weighted by molar-refractivity contribution is -0.143. The van der Waals surface area contributed by atoms with Crippen LogP contribution in [0.1, 0.15) is 23.4 Å². The van der Waals surface area contributed by atoms with Crippen molar-refractivity contribution in [2.45, 2.75) is 19.4 Å². The molecule has 2 N–H and O–H groups in total. The maximum atomic E-state index is 12.6. The molecule has 0 saturated heterocycles. The molecule has 0 bridgehead atoms. The number of rotatable bonds is 7. The molecule has 2 aromatic rings. The molecule has 3 rings (SSSR count). The monoisotopic (exact) mass is 400 g/mol. The van der Waals surface area contributed by atoms with Crippen molar-refractivity contribution in [3.63, 3.8) is 0 Å². The van der Waals surface area contributed by atoms with Gasteiger partial charge in [0.05, 0.1) is 30.3 Å². The Morgan fingerprint density at radius 1 is 1.11 bits per heavy atom. The lowest BCUT2D eigenvalue weighted by Crippen LogP contribution is -2.47. The third kappa shape index (κ3) is 4.77. The summed E-state index contributed by atoms with van der Waals surface area (Å²) < 4.78 is 10.5. The van der Waals surface area contributed by atoms with Gasteiger partial charge in [0.15, 0.2) is 0 Å². The zero-order chi connectivity index (χ0) is 19.9. The molecule has 146 valence electrons. The molecule has 0 spiro atoms. The van der Waals surface area contributed by atoms with E-state index in [1.807, 2.05) is 35.7 Å². The van der Waals surface area contributed by atoms with Gasteiger partial charge in [-0.2, -0.15) is 0 Å². The van der Waals surface area contributed by atoms with Gasteiger partial charge in [0.25, 0.3) is 0 Å². The van der Waals surface area contributed by atoms with Crippen LogP contribution in [0.4, 0.5) is 4.79 Å². The summed E-state index contributed by atoms with van der Waals surface area (Å²) in [6, 6.07) is 11.6. The highest BCUT2D eigenvalue weighted by atomic mass is 32.1. The molecule has 0 unspecified atom stereocenters. The van der Waals surface area contributed by atoms with E-state index in [2.05, 4.69) is 10.6 Å². The second-order valence-electron chi connectivity index (χ2n) is 5.97. The second kappa shape index (κ2) is 9.18. The van der Waals surface area contributed by atoms with E-state index >= 15 is 0 Å². The van der Waals surface area contributed by atoms with Crippen LogP contribution in [0, 0.1) is 0 Å². The van der Waals surface area contributed by atoms with Crippen LogP contribution in [0.25, 0.3) is 0 Å². The van der Waals surface area contributed by atoms with Crippen LogP contribution >= 0.6 is 11.3 Å². The topological polar surface area (TPSA) is 93.7 Å². The maximum absolute atomic E-state index is 12.6. The standard InChI is InChI=1S/C20H20N2O5S/c1-2-26-19(24)17-15(12-27-16(23)11-14-9-6-10-28-14)21-20(25)22-18(17)13-7-4-3-5-8-13/h3-10,18H,2,11-12H2,1H3,(H2,21,22,25)/t18-/m0/s1. The van der Waals surface area contributed by atoms with Gasteiger partial charge in [-0.1, -0.05) is 36.4 Å². The molecule has 2 heterocycles. The van der Waals surface area contributed by atoms with Crippen molar-refractivity contribution in [3.8, 4) is 0 Å². The van der Waals surface area contributed by atoms with E-state index in [1.165, 1.54) is 11.3 Å². The Balaban J connectivity index is 1.84. The minimum atomic E-state index is -0.694. The molecule has 1 aliphatic rings. The van der Waals surface area contributed by atoms with Crippen LogP contribution in [0.2, 0.25) is 0 Å². The molecule has 0 fully saturated rings. The zero-order valence-electron chi connectivity index (χ0n) is 15.3. The van der Waals surface area contributed by atoms with Gasteiger partial charge in [-0.3, -0.25) is 4.79 Å². The number of urea groups is 1. The van der Waals surface area contributed by atoms with Gasteiger partial charge < -0.3 is 20.1 Å². The number of amides is 2. The number of esters is 2. The predicted octanol–water partition coefficient (Wildman–Crippen LogP) is 2.71. The smallest absolute Gasteiger partial charge is 0.338 e. The summed E-state index contributed by atoms with van der Waals surface area (Å²) in [5.41, 5.74) is 1.16. The summed E-state index contributed by atoms with van der Waals surface area (Å²) >= 11 is 1.46. The van der Waals surface area contributed by atoms with Crippen molar-refractivity contribution in [3.05, 3.63) is 69.6 Å². The van der Waals surface area contributed by atoms with Gasteiger partial charge >= 0.3 is 18.0 Å². The van der Waals surface area contributed by atoms with Crippen LogP contribution < -0.4 is 10.6 Å². The molecule has 28 heavy (non-hydrogen) atoms. The Hall–Kier alpha value is -3.13. The number of carbonyl (C=O) groups excluding carboxylic acids is 3. The molecule has 0 aliphatic carbocycles. The van der Waals surface area contributed by atoms with Crippen LogP contribution in [-0.2, 0) is 25.5 Å². The molecule has 1 aliphatic heterocycles. The average molecular weight is 400 g/mol. The maximum Gasteiger partial charge on any atom is 0.338 e. The first kappa shape index (κ1) is 19.6. The Bertz CT molecular complexity index is 877. The molecule has 0 radical (unpaired) electrons. The van der Waals surface area contributed by atoms with Gasteiger partial charge in [-0.15, -0.1) is 11.3 Å². The summed E-state index contributed by atoms with van der Waals surface area (Å²) in [5.74, 6) is -1.02. The third-order valence-corrected chi connectivity index (χ3v) is 4.93. The van der Waals surface area contributed by atoms with Crippen LogP contribution in [-0.4, -0.2) is 31.2 Å². The fourth-order valence-electron chi connectivity index (χ4n) is 2.84. The molecule has 2 amide bonds. The van der Waals surface area contributed by atoms with Crippen LogP contribution in [0.3, 0.4) is 0 Å². The van der Waals surface area contributed by atoms with E-state index in [4.69, 9.17) is 9.47 Å². The van der Waals surface area contributed by atoms with Crippen molar-refractivity contribution >= 4 is 29.3 Å². The van der Waals surface area contributed by atoms with Gasteiger partial charge in [-0.25, -0.2) is 9.59 Å². The Kier molecular flexibility index (Phi) is 6.44. The molecular formula is C20H20N2O5S. The minimum absolute atomic E-state index is 0.133. The van der Waals surface area contributed by atoms with E-state index in [0.29, 0.717) is 0 Å². The Morgan fingerprint density at radius 3 is 2.57 bits per heavy atom. The van der Waals surface area contributed by atoms with Crippen molar-refractivity contribution in [1.82, 2.24) is 10.6 Å². The van der Waals surface area contributed by atoms with Crippen molar-refractivity contribution in [1.29, 1.82) is 0 Å². The first-order valence-electron chi connectivity index (χ1n) is 8.79. The normalized spacial score (nSPS) is 16.2. The summed E-state index contributed by atoms with van der Waals surface area (Å²) in [7, 11) is 0. The SMILES string of the molecule is CCOC(=O)C1=C(COC(=O)Cc2cccs2)NC(=O)N[C@H]1c1ccccc1. The molecule has 0 saturated carbocycles. The van der Waals surface area contributed by atoms with Crippen molar-refractivity contribution < 1.29 is 23.9 Å². The number of carbonyl (C=O) groups is 3. The lowest BCUT2D eigenvalue weighted by Gasteiger charge is -2.29. The summed E-state index contributed by atoms with van der Waals surface area (Å²) in [6.07, 6.45) is 0.133. The highest BCUT2D eigenvalue weighted by molar-refractivity contribution is 7.10. The number of nitrogens with one attached hydrogen (secondary N) is 2. The average Bonchev–Trinajstić information content (AvgIpc) is 3.19. The first-order valence-corrected chi connectivity index (χ1v) is 9.67. The molecule has 1 aromatic heterocycles. The van der Waals surface area contributed by atoms with E-state index in [0.717, 1.165) is 10.4 Å². The zero-order valence-corrected chi connectivity index (χ0v) is 16.1. The highest BCUT2D eigenvalue weighted by Gasteiger charge is 2.34. The highest BCUT2D eigenvalue weighted by Crippen LogP contribution is 2.27. The number of ether oxygens (including phenoxy) is 2. The van der Waals surface area contributed by atoms with Gasteiger partial charge in [0.1, 0.15) is 6.61 Å². The summed E-state index contributed by atoms with van der Waals surface area (Å²) in [5, 5.41) is 7.18. The van der Waals surface area contributed by atoms with Crippen molar-refractivity contribution in [2.75, 3.05) is 13.2 Å². The van der Waals surface area contributed by atoms with Gasteiger partial charge in [0.2, 0.25) is 0 Å². The van der Waals surface area contributed by atoms with Gasteiger partial charge in [0, 0.05) is 4.88 Å². The third-order valence-electron chi connectivity index (χ3n) is 4.06. The lowest BCUT2D eigenvalue weighted by atomic mass is 9.95. The Labute approximate surface area is 166 Å².